The molecule has 8 rings (SSSR count). The third kappa shape index (κ3) is 32.8. The summed E-state index contributed by atoms with van der Waals surface area (Å²) in [7, 11) is 3.11. The zero-order valence-electron chi connectivity index (χ0n) is 43.2. The monoisotopic (exact) mass is 910 g/mol. The fourth-order valence-corrected chi connectivity index (χ4v) is 5.04. The fourth-order valence-electron chi connectivity index (χ4n) is 5.04. The average Bonchev–Trinajstić information content (AvgIpc) is 4.02. The number of benzene rings is 4. The smallest absolute Gasteiger partial charge is 0.308 e. The molecule has 4 aromatic carbocycles. The van der Waals surface area contributed by atoms with Gasteiger partial charge < -0.3 is 33.7 Å². The van der Waals surface area contributed by atoms with Crippen molar-refractivity contribution in [3.63, 3.8) is 0 Å². The van der Waals surface area contributed by atoms with Crippen LogP contribution in [0.4, 0.5) is 0 Å². The number of hydrogen-bond donors (Lipinski definition) is 1. The number of carbonyl (C=O) groups excluding carboxylic acids is 1. The number of hydrogen-bond acceptors (Lipinski definition) is 10. The van der Waals surface area contributed by atoms with Crippen LogP contribution >= 0.6 is 0 Å². The maximum absolute atomic E-state index is 10.5. The van der Waals surface area contributed by atoms with Gasteiger partial charge in [0, 0.05) is 57.8 Å². The molecule has 0 aliphatic carbocycles. The average molecular weight is 910 g/mol. The van der Waals surface area contributed by atoms with Crippen LogP contribution in [0.2, 0.25) is 0 Å². The number of pyridine rings is 1. The first kappa shape index (κ1) is 62.3. The second-order valence-corrected chi connectivity index (χ2v) is 14.4. The third-order valence-corrected chi connectivity index (χ3v) is 8.66. The Labute approximate surface area is 399 Å². The first-order valence-corrected chi connectivity index (χ1v) is 22.9. The largest absolute Gasteiger partial charge is 0.494 e. The molecule has 1 fully saturated rings. The number of carbonyl (C=O) groups is 1. The van der Waals surface area contributed by atoms with Gasteiger partial charge in [-0.25, -0.2) is 0 Å². The second-order valence-electron chi connectivity index (χ2n) is 14.4. The number of aryl methyl sites for hydroxylation is 7. The summed E-state index contributed by atoms with van der Waals surface area (Å²) in [6.45, 7) is 33.0. The predicted octanol–water partition coefficient (Wildman–Crippen LogP) is 13.0. The van der Waals surface area contributed by atoms with E-state index in [-0.39, 0.29) is 5.97 Å². The van der Waals surface area contributed by atoms with E-state index in [0.29, 0.717) is 12.5 Å². The molecule has 1 aromatic heterocycles. The number of aliphatic hydroxyl groups excluding tert-OH is 1. The van der Waals surface area contributed by atoms with Crippen LogP contribution in [0.15, 0.2) is 126 Å². The summed E-state index contributed by atoms with van der Waals surface area (Å²) in [5, 5.41) is 7.00. The molecular formula is C56H83N3O7. The third-order valence-electron chi connectivity index (χ3n) is 8.66. The topological polar surface area (TPSA) is 112 Å². The zero-order chi connectivity index (χ0) is 50.1. The molecule has 0 atom stereocenters. The van der Waals surface area contributed by atoms with Crippen molar-refractivity contribution in [1.82, 2.24) is 9.88 Å². The minimum atomic E-state index is -0.283. The van der Waals surface area contributed by atoms with E-state index < -0.39 is 0 Å². The summed E-state index contributed by atoms with van der Waals surface area (Å²) in [6.07, 6.45) is 8.65. The van der Waals surface area contributed by atoms with Crippen molar-refractivity contribution in [2.75, 3.05) is 53.9 Å². The number of fused-ring (bicyclic) bond motifs is 1. The van der Waals surface area contributed by atoms with E-state index in [0.717, 1.165) is 74.9 Å². The molecule has 364 valence electrons. The summed E-state index contributed by atoms with van der Waals surface area (Å²) < 4.78 is 25.5. The number of allylic oxidation sites excluding steroid dienone is 2. The van der Waals surface area contributed by atoms with Crippen LogP contribution < -0.4 is 18.9 Å². The number of aliphatic hydroxyl groups is 1. The Morgan fingerprint density at radius 2 is 1.20 bits per heavy atom. The van der Waals surface area contributed by atoms with E-state index >= 15 is 0 Å². The van der Waals surface area contributed by atoms with E-state index in [4.69, 9.17) is 28.8 Å². The molecule has 0 bridgehead atoms. The van der Waals surface area contributed by atoms with Gasteiger partial charge in [-0.1, -0.05) is 105 Å². The number of esters is 1. The predicted molar refractivity (Wildman–Crippen MR) is 278 cm³/mol. The Morgan fingerprint density at radius 3 is 1.59 bits per heavy atom. The highest BCUT2D eigenvalue weighted by Crippen LogP contribution is 2.32. The molecule has 5 aromatic rings. The summed E-state index contributed by atoms with van der Waals surface area (Å²) in [5.41, 5.74) is 10.1. The molecule has 66 heavy (non-hydrogen) atoms. The van der Waals surface area contributed by atoms with Crippen LogP contribution in [0.1, 0.15) is 93.8 Å². The van der Waals surface area contributed by atoms with Crippen LogP contribution in [0, 0.1) is 48.5 Å². The maximum Gasteiger partial charge on any atom is 0.308 e. The highest BCUT2D eigenvalue weighted by atomic mass is 16.7. The molecule has 0 radical (unpaired) electrons. The van der Waals surface area contributed by atoms with Crippen LogP contribution in [0.3, 0.4) is 0 Å². The van der Waals surface area contributed by atoms with Crippen molar-refractivity contribution in [1.29, 1.82) is 0 Å². The van der Waals surface area contributed by atoms with Gasteiger partial charge in [0.05, 0.1) is 19.8 Å². The standard InChI is InChI=1S/C9H10O2.C9H12O.C9H12.C8H8O2.C6H7N.C5H11NO.C5H7N.2C2H6.CH4O/c1-7-3-5-9(6-4-7)11-8(2)10;1-3-10-9-6-4-8(2)5-7-9;1-7-4-5-8(2)9(3)6-7;1-6-2-3-7-8(4-6)10-5-9-7;1-6-3-2-4-7-5-6;1-6-2-4-7-5-3-6;1-5-3-2-4-6-5;3*1-2/h3-6H,1-2H3;4-7H,3H2,1-2H3;4-6H,1-3H3;2-4H,5H2,1H3;2-5H,1H3;2-5H2,1H3;3-4H,2H2,1H3;2*1-2H3;2H,1H3. The van der Waals surface area contributed by atoms with E-state index in [1.54, 1.807) is 18.3 Å². The van der Waals surface area contributed by atoms with Crippen molar-refractivity contribution in [3.8, 4) is 23.0 Å². The lowest BCUT2D eigenvalue weighted by Crippen LogP contribution is -2.32. The van der Waals surface area contributed by atoms with E-state index in [9.17, 15) is 4.79 Å². The number of aromatic nitrogens is 1. The molecule has 4 heterocycles. The van der Waals surface area contributed by atoms with Crippen molar-refractivity contribution in [3.05, 3.63) is 160 Å². The lowest BCUT2D eigenvalue weighted by molar-refractivity contribution is -0.131. The normalized spacial score (nSPS) is 11.9. The first-order valence-electron chi connectivity index (χ1n) is 22.9. The SMILES string of the molecule is CC.CC.CC(=O)Oc1ccc(C)cc1.CC1=CCC=N1.CCOc1ccc(C)cc1.CN1CCOCC1.CO.Cc1ccc(C)c(C)c1.Cc1ccc2c(c1)OCO2.Cc1cccnc1. The fraction of sp³-hybridized carbons (Fsp3) is 0.411. The van der Waals surface area contributed by atoms with Gasteiger partial charge >= 0.3 is 5.97 Å². The molecule has 10 heteroatoms. The van der Waals surface area contributed by atoms with E-state index in [2.05, 4.69) is 73.9 Å². The molecule has 3 aliphatic rings. The number of likely N-dealkylation sites (N-methyl/N-ethyl adjacent to an activating group) is 1. The maximum atomic E-state index is 10.5. The van der Waals surface area contributed by atoms with Crippen molar-refractivity contribution in [2.24, 2.45) is 4.99 Å². The Balaban J connectivity index is 0. The van der Waals surface area contributed by atoms with Gasteiger partial charge in [0.2, 0.25) is 6.79 Å². The van der Waals surface area contributed by atoms with Crippen molar-refractivity contribution in [2.45, 2.75) is 103 Å². The van der Waals surface area contributed by atoms with Crippen LogP contribution in [-0.2, 0) is 9.53 Å². The number of morpholine rings is 1. The number of nitrogens with zero attached hydrogens (tertiary/aromatic N) is 3. The summed E-state index contributed by atoms with van der Waals surface area (Å²) >= 11 is 0. The van der Waals surface area contributed by atoms with Crippen molar-refractivity contribution >= 4 is 12.2 Å². The molecule has 1 N–H and O–H groups in total. The van der Waals surface area contributed by atoms with Gasteiger partial charge in [-0.3, -0.25) is 14.8 Å². The van der Waals surface area contributed by atoms with Crippen LogP contribution in [0.5, 0.6) is 23.0 Å². The molecule has 0 saturated carbocycles. The van der Waals surface area contributed by atoms with Gasteiger partial charge in [-0.05, 0) is 134 Å². The Hall–Kier alpha value is -5.81. The highest BCUT2D eigenvalue weighted by Gasteiger charge is 2.11. The van der Waals surface area contributed by atoms with Gasteiger partial charge in [-0.2, -0.15) is 0 Å². The molecule has 3 aliphatic heterocycles. The summed E-state index contributed by atoms with van der Waals surface area (Å²) in [6, 6.07) is 31.8. The Morgan fingerprint density at radius 1 is 0.667 bits per heavy atom. The first-order chi connectivity index (χ1) is 31.7. The molecular weight excluding hydrogens is 827 g/mol. The quantitative estimate of drug-likeness (QED) is 0.140. The van der Waals surface area contributed by atoms with Crippen LogP contribution in [-0.4, -0.2) is 81.0 Å². The molecule has 0 amide bonds. The summed E-state index contributed by atoms with van der Waals surface area (Å²) in [5.74, 6) is 2.98. The molecule has 10 nitrogen and oxygen atoms in total. The second kappa shape index (κ2) is 40.7. The zero-order valence-corrected chi connectivity index (χ0v) is 43.2. The lowest BCUT2D eigenvalue weighted by Gasteiger charge is -2.21. The summed E-state index contributed by atoms with van der Waals surface area (Å²) in [4.78, 5) is 20.6. The van der Waals surface area contributed by atoms with Crippen molar-refractivity contribution < 1.29 is 33.6 Å². The minimum absolute atomic E-state index is 0.283. The van der Waals surface area contributed by atoms with Gasteiger partial charge in [-0.15, -0.1) is 0 Å². The number of rotatable bonds is 3. The van der Waals surface area contributed by atoms with Gasteiger partial charge in [0.15, 0.2) is 11.5 Å². The molecule has 1 saturated heterocycles. The van der Waals surface area contributed by atoms with E-state index in [1.807, 2.05) is 141 Å². The molecule has 0 unspecified atom stereocenters. The van der Waals surface area contributed by atoms with Crippen LogP contribution in [0.25, 0.3) is 0 Å². The lowest BCUT2D eigenvalue weighted by atomic mass is 10.1. The minimum Gasteiger partial charge on any atom is -0.494 e. The number of ether oxygens (including phenoxy) is 5. The van der Waals surface area contributed by atoms with E-state index in [1.165, 1.54) is 40.3 Å². The highest BCUT2D eigenvalue weighted by molar-refractivity contribution is 5.69. The Bertz CT molecular complexity index is 1990. The molecule has 0 spiro atoms. The van der Waals surface area contributed by atoms with Gasteiger partial charge in [0.1, 0.15) is 11.5 Å². The Kier molecular flexibility index (Phi) is 38.4. The number of aliphatic imine (C=N–C) groups is 1. The van der Waals surface area contributed by atoms with Gasteiger partial charge in [0.25, 0.3) is 0 Å².